The van der Waals surface area contributed by atoms with Crippen molar-refractivity contribution in [1.29, 1.82) is 0 Å². The van der Waals surface area contributed by atoms with Crippen molar-refractivity contribution in [2.75, 3.05) is 13.2 Å². The van der Waals surface area contributed by atoms with Crippen LogP contribution < -0.4 is 0 Å². The fourth-order valence-electron chi connectivity index (χ4n) is 4.97. The largest absolute Gasteiger partial charge is 0.465 e. The van der Waals surface area contributed by atoms with E-state index in [0.29, 0.717) is 25.9 Å². The third-order valence-electron chi connectivity index (χ3n) is 6.72. The highest BCUT2D eigenvalue weighted by Gasteiger charge is 2.57. The van der Waals surface area contributed by atoms with E-state index < -0.39 is 47.8 Å². The molecule has 0 aromatic rings. The minimum Gasteiger partial charge on any atom is -0.465 e. The zero-order valence-corrected chi connectivity index (χ0v) is 19.7. The number of fused-ring (bicyclic) bond motifs is 2. The van der Waals surface area contributed by atoms with Crippen LogP contribution in [0.4, 0.5) is 0 Å². The number of carbonyl (C=O) groups excluding carboxylic acids is 1. The molecule has 0 spiro atoms. The number of rotatable bonds is 5. The number of carbonyl (C=O) groups is 1. The summed E-state index contributed by atoms with van der Waals surface area (Å²) in [6.07, 6.45) is -2.21. The highest BCUT2D eigenvalue weighted by atomic mass is 16.7. The third-order valence-corrected chi connectivity index (χ3v) is 6.72. The van der Waals surface area contributed by atoms with Crippen molar-refractivity contribution in [2.45, 2.75) is 121 Å². The van der Waals surface area contributed by atoms with E-state index in [9.17, 15) is 15.0 Å². The lowest BCUT2D eigenvalue weighted by Crippen LogP contribution is -2.61. The van der Waals surface area contributed by atoms with Crippen molar-refractivity contribution in [2.24, 2.45) is 5.41 Å². The molecule has 4 fully saturated rings. The maximum atomic E-state index is 12.0. The maximum absolute atomic E-state index is 12.0. The predicted molar refractivity (Wildman–Crippen MR) is 112 cm³/mol. The van der Waals surface area contributed by atoms with Crippen LogP contribution in [0.2, 0.25) is 0 Å². The second-order valence-corrected chi connectivity index (χ2v) is 10.9. The monoisotopic (exact) mass is 458 g/mol. The molecular formula is C23H38O9. The molecule has 4 aliphatic rings. The Balaban J connectivity index is 1.30. The number of aliphatic hydroxyl groups is 2. The van der Waals surface area contributed by atoms with Gasteiger partial charge < -0.3 is 38.6 Å². The van der Waals surface area contributed by atoms with E-state index in [-0.39, 0.29) is 30.9 Å². The molecule has 0 aromatic heterocycles. The molecule has 184 valence electrons. The first-order valence-electron chi connectivity index (χ1n) is 11.8. The molecule has 0 aliphatic carbocycles. The summed E-state index contributed by atoms with van der Waals surface area (Å²) < 4.78 is 35.1. The van der Waals surface area contributed by atoms with Gasteiger partial charge in [0.2, 0.25) is 0 Å². The van der Waals surface area contributed by atoms with Crippen molar-refractivity contribution in [3.8, 4) is 0 Å². The Morgan fingerprint density at radius 3 is 2.38 bits per heavy atom. The molecule has 0 radical (unpaired) electrons. The predicted octanol–water partition coefficient (Wildman–Crippen LogP) is 1.31. The quantitative estimate of drug-likeness (QED) is 0.589. The number of hydrogen-bond donors (Lipinski definition) is 2. The van der Waals surface area contributed by atoms with Gasteiger partial charge in [-0.25, -0.2) is 0 Å². The Morgan fingerprint density at radius 2 is 1.72 bits per heavy atom. The van der Waals surface area contributed by atoms with Gasteiger partial charge in [0, 0.05) is 12.8 Å². The van der Waals surface area contributed by atoms with Crippen molar-refractivity contribution in [3.63, 3.8) is 0 Å². The molecule has 4 rings (SSSR count). The van der Waals surface area contributed by atoms with E-state index in [2.05, 4.69) is 0 Å². The molecule has 9 heteroatoms. The molecule has 2 unspecified atom stereocenters. The summed E-state index contributed by atoms with van der Waals surface area (Å²) in [6, 6.07) is 0. The summed E-state index contributed by atoms with van der Waals surface area (Å²) >= 11 is 0. The summed E-state index contributed by atoms with van der Waals surface area (Å²) in [5.41, 5.74) is -0.538. The highest BCUT2D eigenvalue weighted by Crippen LogP contribution is 2.40. The van der Waals surface area contributed by atoms with Crippen LogP contribution in [-0.2, 0) is 33.2 Å². The molecule has 9 atom stereocenters. The van der Waals surface area contributed by atoms with Crippen LogP contribution in [0.5, 0.6) is 0 Å². The van der Waals surface area contributed by atoms with E-state index in [4.69, 9.17) is 28.4 Å². The highest BCUT2D eigenvalue weighted by molar-refractivity contribution is 5.75. The van der Waals surface area contributed by atoms with Gasteiger partial charge in [0.05, 0.1) is 43.0 Å². The Kier molecular flexibility index (Phi) is 6.91. The minimum absolute atomic E-state index is 0.132. The lowest BCUT2D eigenvalue weighted by molar-refractivity contribution is -0.260. The summed E-state index contributed by atoms with van der Waals surface area (Å²) in [5, 5.41) is 21.8. The zero-order valence-electron chi connectivity index (χ0n) is 19.7. The lowest BCUT2D eigenvalue weighted by atomic mass is 9.88. The lowest BCUT2D eigenvalue weighted by Gasteiger charge is -2.46. The summed E-state index contributed by atoms with van der Waals surface area (Å²) in [6.45, 7) is 9.88. The molecule has 0 aromatic carbocycles. The van der Waals surface area contributed by atoms with Crippen LogP contribution in [0.25, 0.3) is 0 Å². The van der Waals surface area contributed by atoms with Gasteiger partial charge in [0.25, 0.3) is 0 Å². The average Bonchev–Trinajstić information content (AvgIpc) is 3.21. The number of hydrogen-bond acceptors (Lipinski definition) is 9. The first-order valence-corrected chi connectivity index (χ1v) is 11.8. The van der Waals surface area contributed by atoms with Crippen LogP contribution in [0.15, 0.2) is 0 Å². The normalized spacial score (nSPS) is 43.5. The van der Waals surface area contributed by atoms with Gasteiger partial charge in [-0.1, -0.05) is 0 Å². The fourth-order valence-corrected chi connectivity index (χ4v) is 4.97. The first-order chi connectivity index (χ1) is 14.9. The van der Waals surface area contributed by atoms with E-state index in [1.54, 1.807) is 0 Å². The average molecular weight is 459 g/mol. The topological polar surface area (TPSA) is 113 Å². The summed E-state index contributed by atoms with van der Waals surface area (Å²) in [5.74, 6) is -0.884. The van der Waals surface area contributed by atoms with Crippen LogP contribution in [0, 0.1) is 5.41 Å². The van der Waals surface area contributed by atoms with Crippen molar-refractivity contribution in [1.82, 2.24) is 0 Å². The Morgan fingerprint density at radius 1 is 1.00 bits per heavy atom. The SMILES string of the molecule is CC1(C)OCC(C[C@H]2O[C@@H]3[C@@H](O[C@H]4CC[C@H](CCOC(=O)C(C)(C)C)OC4[C@@H]3O)[C@H]2O)O1. The Hall–Kier alpha value is -0.810. The van der Waals surface area contributed by atoms with Crippen LogP contribution >= 0.6 is 0 Å². The molecule has 0 saturated carbocycles. The van der Waals surface area contributed by atoms with Gasteiger partial charge in [-0.15, -0.1) is 0 Å². The standard InChI is InChI=1S/C23H38O9/c1-22(2,3)21(26)27-9-8-12-6-7-14-18(29-12)17(25)20-19(30-14)16(24)15(31-20)10-13-11-28-23(4,5)32-13/h12-20,24-25H,6-11H2,1-5H3/t12-,13?,14+,15-,16+,17+,18?,19+,20+/m1/s1. The summed E-state index contributed by atoms with van der Waals surface area (Å²) in [4.78, 5) is 12.0. The second kappa shape index (κ2) is 9.09. The molecule has 0 amide bonds. The van der Waals surface area contributed by atoms with Gasteiger partial charge in [0.15, 0.2) is 5.79 Å². The van der Waals surface area contributed by atoms with E-state index in [1.807, 2.05) is 34.6 Å². The molecule has 32 heavy (non-hydrogen) atoms. The van der Waals surface area contributed by atoms with E-state index in [0.717, 1.165) is 6.42 Å². The molecule has 9 nitrogen and oxygen atoms in total. The Labute approximate surface area is 189 Å². The molecule has 2 N–H and O–H groups in total. The van der Waals surface area contributed by atoms with Crippen molar-refractivity contribution < 1.29 is 43.4 Å². The molecule has 4 aliphatic heterocycles. The van der Waals surface area contributed by atoms with Gasteiger partial charge in [-0.3, -0.25) is 4.79 Å². The maximum Gasteiger partial charge on any atom is 0.311 e. The molecule has 4 heterocycles. The smallest absolute Gasteiger partial charge is 0.311 e. The number of ether oxygens (including phenoxy) is 6. The van der Waals surface area contributed by atoms with Crippen molar-refractivity contribution >= 4 is 5.97 Å². The number of aliphatic hydroxyl groups excluding tert-OH is 2. The van der Waals surface area contributed by atoms with Crippen LogP contribution in [0.1, 0.15) is 60.3 Å². The minimum atomic E-state index is -0.907. The van der Waals surface area contributed by atoms with Gasteiger partial charge in [-0.05, 0) is 47.5 Å². The molecule has 0 bridgehead atoms. The molecular weight excluding hydrogens is 420 g/mol. The van der Waals surface area contributed by atoms with Gasteiger partial charge >= 0.3 is 5.97 Å². The van der Waals surface area contributed by atoms with E-state index in [1.165, 1.54) is 0 Å². The fraction of sp³-hybridized carbons (Fsp3) is 0.957. The van der Waals surface area contributed by atoms with Gasteiger partial charge in [0.1, 0.15) is 30.5 Å². The van der Waals surface area contributed by atoms with Crippen LogP contribution in [-0.4, -0.2) is 90.1 Å². The van der Waals surface area contributed by atoms with Gasteiger partial charge in [-0.2, -0.15) is 0 Å². The van der Waals surface area contributed by atoms with Crippen molar-refractivity contribution in [3.05, 3.63) is 0 Å². The Bertz CT molecular complexity index is 675. The van der Waals surface area contributed by atoms with Crippen LogP contribution in [0.3, 0.4) is 0 Å². The summed E-state index contributed by atoms with van der Waals surface area (Å²) in [7, 11) is 0. The third kappa shape index (κ3) is 5.14. The second-order valence-electron chi connectivity index (χ2n) is 10.9. The number of esters is 1. The van der Waals surface area contributed by atoms with E-state index >= 15 is 0 Å². The first kappa shape index (κ1) is 24.3. The zero-order chi connectivity index (χ0) is 23.3. The molecule has 4 saturated heterocycles.